The third-order valence-electron chi connectivity index (χ3n) is 4.28. The Morgan fingerprint density at radius 2 is 2.00 bits per heavy atom. The maximum absolute atomic E-state index is 12.3. The highest BCUT2D eigenvalue weighted by Crippen LogP contribution is 2.29. The van der Waals surface area contributed by atoms with E-state index in [1.807, 2.05) is 6.92 Å². The van der Waals surface area contributed by atoms with Gasteiger partial charge in [-0.25, -0.2) is 9.59 Å². The molecule has 2 unspecified atom stereocenters. The molecule has 2 aliphatic rings. The van der Waals surface area contributed by atoms with Crippen LogP contribution in [0, 0.1) is 11.8 Å². The van der Waals surface area contributed by atoms with Gasteiger partial charge in [0, 0.05) is 20.1 Å². The molecule has 1 aliphatic heterocycles. The van der Waals surface area contributed by atoms with Gasteiger partial charge in [0.15, 0.2) is 0 Å². The highest BCUT2D eigenvalue weighted by molar-refractivity contribution is 5.83. The largest absolute Gasteiger partial charge is 0.480 e. The van der Waals surface area contributed by atoms with Crippen molar-refractivity contribution in [3.05, 3.63) is 0 Å². The molecular weight excluding hydrogens is 232 g/mol. The fourth-order valence-corrected chi connectivity index (χ4v) is 2.90. The van der Waals surface area contributed by atoms with Crippen LogP contribution in [0.5, 0.6) is 0 Å². The van der Waals surface area contributed by atoms with E-state index < -0.39 is 12.0 Å². The average Bonchev–Trinajstić information content (AvgIpc) is 2.64. The quantitative estimate of drug-likeness (QED) is 0.832. The average molecular weight is 254 g/mol. The van der Waals surface area contributed by atoms with Gasteiger partial charge in [0.2, 0.25) is 0 Å². The summed E-state index contributed by atoms with van der Waals surface area (Å²) in [6, 6.07) is -0.778. The van der Waals surface area contributed by atoms with Gasteiger partial charge in [-0.1, -0.05) is 13.3 Å². The van der Waals surface area contributed by atoms with Crippen molar-refractivity contribution >= 4 is 12.0 Å². The number of likely N-dealkylation sites (tertiary alicyclic amines) is 1. The van der Waals surface area contributed by atoms with Crippen molar-refractivity contribution in [2.45, 2.75) is 38.6 Å². The van der Waals surface area contributed by atoms with Gasteiger partial charge in [-0.15, -0.1) is 0 Å². The minimum Gasteiger partial charge on any atom is -0.480 e. The lowest BCUT2D eigenvalue weighted by Crippen LogP contribution is -2.49. The second-order valence-corrected chi connectivity index (χ2v) is 5.70. The van der Waals surface area contributed by atoms with E-state index in [-0.39, 0.29) is 11.9 Å². The Hall–Kier alpha value is -1.26. The molecule has 0 radical (unpaired) electrons. The van der Waals surface area contributed by atoms with Crippen LogP contribution in [0.15, 0.2) is 0 Å². The van der Waals surface area contributed by atoms with Crippen molar-refractivity contribution in [3.8, 4) is 0 Å². The molecule has 0 bridgehead atoms. The minimum absolute atomic E-state index is 0.0450. The van der Waals surface area contributed by atoms with Crippen molar-refractivity contribution < 1.29 is 14.7 Å². The summed E-state index contributed by atoms with van der Waals surface area (Å²) < 4.78 is 0. The first-order valence-corrected chi connectivity index (χ1v) is 6.75. The molecule has 1 heterocycles. The Morgan fingerprint density at radius 3 is 2.50 bits per heavy atom. The van der Waals surface area contributed by atoms with Crippen LogP contribution in [0.4, 0.5) is 4.79 Å². The van der Waals surface area contributed by atoms with Crippen molar-refractivity contribution in [3.63, 3.8) is 0 Å². The summed E-state index contributed by atoms with van der Waals surface area (Å²) in [5.41, 5.74) is 0. The van der Waals surface area contributed by atoms with Crippen molar-refractivity contribution in [2.75, 3.05) is 20.1 Å². The molecule has 0 aromatic heterocycles. The molecule has 2 amide bonds. The molecule has 5 heteroatoms. The smallest absolute Gasteiger partial charge is 0.326 e. The van der Waals surface area contributed by atoms with Crippen molar-refractivity contribution in [2.24, 2.45) is 11.8 Å². The van der Waals surface area contributed by atoms with Gasteiger partial charge in [0.05, 0.1) is 0 Å². The number of carbonyl (C=O) groups excluding carboxylic acids is 1. The highest BCUT2D eigenvalue weighted by atomic mass is 16.4. The van der Waals surface area contributed by atoms with E-state index in [0.29, 0.717) is 12.5 Å². The highest BCUT2D eigenvalue weighted by Gasteiger charge is 2.40. The summed E-state index contributed by atoms with van der Waals surface area (Å²) in [5, 5.41) is 9.21. The Kier molecular flexibility index (Phi) is 3.78. The topological polar surface area (TPSA) is 60.9 Å². The number of hydrogen-bond donors (Lipinski definition) is 1. The van der Waals surface area contributed by atoms with Gasteiger partial charge in [-0.2, -0.15) is 0 Å². The molecule has 2 atom stereocenters. The second kappa shape index (κ2) is 5.16. The number of carbonyl (C=O) groups is 2. The number of carboxylic acids is 1. The van der Waals surface area contributed by atoms with Crippen LogP contribution >= 0.6 is 0 Å². The van der Waals surface area contributed by atoms with Crippen molar-refractivity contribution in [1.29, 1.82) is 0 Å². The van der Waals surface area contributed by atoms with E-state index in [4.69, 9.17) is 0 Å². The first-order valence-electron chi connectivity index (χ1n) is 6.75. The first kappa shape index (κ1) is 13.2. The number of urea groups is 1. The molecule has 5 nitrogen and oxygen atoms in total. The monoisotopic (exact) mass is 254 g/mol. The SMILES string of the molecule is CC1CCN(C(=O)N(C)CC2CCC2)C1C(=O)O. The predicted molar refractivity (Wildman–Crippen MR) is 67.3 cm³/mol. The summed E-state index contributed by atoms with van der Waals surface area (Å²) >= 11 is 0. The van der Waals surface area contributed by atoms with Crippen LogP contribution in [0.3, 0.4) is 0 Å². The lowest BCUT2D eigenvalue weighted by molar-refractivity contribution is -0.142. The normalized spacial score (nSPS) is 28.0. The molecule has 1 aliphatic carbocycles. The van der Waals surface area contributed by atoms with E-state index in [1.165, 1.54) is 24.2 Å². The number of aliphatic carboxylic acids is 1. The number of carboxylic acid groups (broad SMARTS) is 1. The molecule has 0 aromatic carbocycles. The second-order valence-electron chi connectivity index (χ2n) is 5.70. The summed E-state index contributed by atoms with van der Waals surface area (Å²) in [4.78, 5) is 26.7. The Balaban J connectivity index is 1.96. The van der Waals surface area contributed by atoms with Gasteiger partial charge >= 0.3 is 12.0 Å². The fourth-order valence-electron chi connectivity index (χ4n) is 2.90. The van der Waals surface area contributed by atoms with E-state index >= 15 is 0 Å². The number of hydrogen-bond acceptors (Lipinski definition) is 2. The molecule has 102 valence electrons. The molecule has 0 spiro atoms. The van der Waals surface area contributed by atoms with Crippen LogP contribution in [0.25, 0.3) is 0 Å². The van der Waals surface area contributed by atoms with Crippen LogP contribution in [-0.2, 0) is 4.79 Å². The molecule has 1 saturated carbocycles. The summed E-state index contributed by atoms with van der Waals surface area (Å²) in [6.07, 6.45) is 4.41. The molecule has 2 fully saturated rings. The zero-order valence-electron chi connectivity index (χ0n) is 11.1. The van der Waals surface area contributed by atoms with Crippen molar-refractivity contribution in [1.82, 2.24) is 9.80 Å². The number of rotatable bonds is 3. The molecule has 1 N–H and O–H groups in total. The zero-order chi connectivity index (χ0) is 13.3. The summed E-state index contributed by atoms with van der Waals surface area (Å²) in [7, 11) is 1.78. The van der Waals surface area contributed by atoms with Crippen LogP contribution < -0.4 is 0 Å². The zero-order valence-corrected chi connectivity index (χ0v) is 11.1. The summed E-state index contributed by atoms with van der Waals surface area (Å²) in [6.45, 7) is 3.22. The van der Waals surface area contributed by atoms with Crippen LogP contribution in [0.2, 0.25) is 0 Å². The number of amides is 2. The van der Waals surface area contributed by atoms with E-state index in [0.717, 1.165) is 13.0 Å². The Bertz CT molecular complexity index is 341. The maximum Gasteiger partial charge on any atom is 0.326 e. The molecular formula is C13H22N2O3. The minimum atomic E-state index is -0.884. The van der Waals surface area contributed by atoms with Crippen LogP contribution in [-0.4, -0.2) is 53.1 Å². The van der Waals surface area contributed by atoms with E-state index in [9.17, 15) is 14.7 Å². The summed E-state index contributed by atoms with van der Waals surface area (Å²) in [5.74, 6) is -0.226. The third kappa shape index (κ3) is 2.44. The molecule has 0 aromatic rings. The Morgan fingerprint density at radius 1 is 1.33 bits per heavy atom. The van der Waals surface area contributed by atoms with Crippen LogP contribution in [0.1, 0.15) is 32.6 Å². The lowest BCUT2D eigenvalue weighted by Gasteiger charge is -2.33. The molecule has 1 saturated heterocycles. The van der Waals surface area contributed by atoms with Gasteiger partial charge in [-0.05, 0) is 31.1 Å². The van der Waals surface area contributed by atoms with Gasteiger partial charge < -0.3 is 14.9 Å². The van der Waals surface area contributed by atoms with Gasteiger partial charge in [0.25, 0.3) is 0 Å². The number of nitrogens with zero attached hydrogens (tertiary/aromatic N) is 2. The standard InChI is InChI=1S/C13H22N2O3/c1-9-6-7-15(11(9)12(16)17)13(18)14(2)8-10-4-3-5-10/h9-11H,3-8H2,1-2H3,(H,16,17). The third-order valence-corrected chi connectivity index (χ3v) is 4.28. The fraction of sp³-hybridized carbons (Fsp3) is 0.846. The maximum atomic E-state index is 12.3. The molecule has 18 heavy (non-hydrogen) atoms. The Labute approximate surface area is 108 Å². The molecule has 2 rings (SSSR count). The van der Waals surface area contributed by atoms with Gasteiger partial charge in [0.1, 0.15) is 6.04 Å². The first-order chi connectivity index (χ1) is 8.50. The van der Waals surface area contributed by atoms with E-state index in [1.54, 1.807) is 11.9 Å². The van der Waals surface area contributed by atoms with Gasteiger partial charge in [-0.3, -0.25) is 0 Å². The van der Waals surface area contributed by atoms with E-state index in [2.05, 4.69) is 0 Å². The predicted octanol–water partition coefficient (Wildman–Crippen LogP) is 1.63. The lowest BCUT2D eigenvalue weighted by atomic mass is 9.85.